The van der Waals surface area contributed by atoms with Gasteiger partial charge in [0, 0.05) is 13.1 Å². The van der Waals surface area contributed by atoms with Crippen LogP contribution < -0.4 is 5.32 Å². The molecule has 34 heavy (non-hydrogen) atoms. The van der Waals surface area contributed by atoms with E-state index in [1.54, 1.807) is 14.9 Å². The molecule has 2 fully saturated rings. The average molecular weight is 468 g/mol. The van der Waals surface area contributed by atoms with Crippen LogP contribution in [0.5, 0.6) is 0 Å². The zero-order chi connectivity index (χ0) is 24.5. The quantitative estimate of drug-likeness (QED) is 0.424. The molecule has 184 valence electrons. The molecular formula is C26H37N5O3. The lowest BCUT2D eigenvalue weighted by molar-refractivity contribution is -0.189. The first-order valence-electron chi connectivity index (χ1n) is 12.4. The minimum atomic E-state index is -0.578. The van der Waals surface area contributed by atoms with Gasteiger partial charge in [0.15, 0.2) is 0 Å². The molecule has 0 spiro atoms. The minimum absolute atomic E-state index is 0.0157. The van der Waals surface area contributed by atoms with Crippen molar-refractivity contribution < 1.29 is 14.4 Å². The number of carbonyl (C=O) groups excluding carboxylic acids is 3. The normalized spacial score (nSPS) is 20.8. The van der Waals surface area contributed by atoms with E-state index in [9.17, 15) is 14.4 Å². The molecule has 0 unspecified atom stereocenters. The first-order chi connectivity index (χ1) is 16.5. The number of urea groups is 1. The summed E-state index contributed by atoms with van der Waals surface area (Å²) in [5.74, 6) is 2.39. The molecule has 8 nitrogen and oxygen atoms in total. The molecule has 0 radical (unpaired) electrons. The number of amides is 4. The molecule has 1 aromatic carbocycles. The van der Waals surface area contributed by atoms with Crippen LogP contribution in [-0.2, 0) is 16.1 Å². The van der Waals surface area contributed by atoms with Crippen molar-refractivity contribution in [1.82, 2.24) is 25.1 Å². The van der Waals surface area contributed by atoms with Crippen molar-refractivity contribution in [3.63, 3.8) is 0 Å². The summed E-state index contributed by atoms with van der Waals surface area (Å²) in [7, 11) is 0. The van der Waals surface area contributed by atoms with Gasteiger partial charge in [-0.3, -0.25) is 9.59 Å². The number of carbonyl (C=O) groups is 3. The van der Waals surface area contributed by atoms with Crippen LogP contribution in [-0.4, -0.2) is 76.0 Å². The highest BCUT2D eigenvalue weighted by Gasteiger charge is 2.50. The molecule has 0 aromatic heterocycles. The second kappa shape index (κ2) is 12.4. The van der Waals surface area contributed by atoms with Gasteiger partial charge in [-0.2, -0.15) is 5.01 Å². The maximum Gasteiger partial charge on any atom is 0.334 e. The number of fused-ring (bicyclic) bond motifs is 1. The van der Waals surface area contributed by atoms with Gasteiger partial charge in [0.25, 0.3) is 0 Å². The summed E-state index contributed by atoms with van der Waals surface area (Å²) >= 11 is 0. The highest BCUT2D eigenvalue weighted by atomic mass is 16.2. The van der Waals surface area contributed by atoms with Gasteiger partial charge < -0.3 is 15.1 Å². The number of piperazine rings is 1. The largest absolute Gasteiger partial charge is 0.337 e. The van der Waals surface area contributed by atoms with Gasteiger partial charge in [-0.1, -0.05) is 75.8 Å². The Morgan fingerprint density at radius 2 is 1.88 bits per heavy atom. The van der Waals surface area contributed by atoms with Crippen molar-refractivity contribution in [2.75, 3.05) is 26.2 Å². The third kappa shape index (κ3) is 5.89. The molecule has 8 heteroatoms. The molecule has 2 heterocycles. The molecule has 1 N–H and O–H groups in total. The van der Waals surface area contributed by atoms with Crippen LogP contribution in [0.2, 0.25) is 0 Å². The number of hydrogen-bond donors (Lipinski definition) is 1. The highest BCUT2D eigenvalue weighted by molar-refractivity contribution is 5.91. The molecule has 1 aromatic rings. The van der Waals surface area contributed by atoms with Gasteiger partial charge in [0.2, 0.25) is 11.8 Å². The van der Waals surface area contributed by atoms with Crippen LogP contribution in [0, 0.1) is 12.3 Å². The maximum atomic E-state index is 13.4. The molecule has 2 aliphatic rings. The van der Waals surface area contributed by atoms with Crippen molar-refractivity contribution in [1.29, 1.82) is 0 Å². The summed E-state index contributed by atoms with van der Waals surface area (Å²) in [6, 6.07) is 8.78. The number of unbranched alkanes of at least 4 members (excludes halogenated alkanes) is 3. The summed E-state index contributed by atoms with van der Waals surface area (Å²) in [4.78, 5) is 43.4. The Bertz CT molecular complexity index is 884. The summed E-state index contributed by atoms with van der Waals surface area (Å²) in [6.45, 7) is 5.55. The number of terminal acetylenes is 1. The van der Waals surface area contributed by atoms with Gasteiger partial charge in [0.1, 0.15) is 12.2 Å². The molecule has 0 aliphatic carbocycles. The molecule has 0 bridgehead atoms. The van der Waals surface area contributed by atoms with E-state index in [-0.39, 0.29) is 37.5 Å². The lowest BCUT2D eigenvalue weighted by Gasteiger charge is -2.55. The number of hydrazine groups is 1. The van der Waals surface area contributed by atoms with Crippen LogP contribution in [0.3, 0.4) is 0 Å². The van der Waals surface area contributed by atoms with E-state index in [0.717, 1.165) is 37.7 Å². The fraction of sp³-hybridized carbons (Fsp3) is 0.577. The molecule has 2 atom stereocenters. The van der Waals surface area contributed by atoms with Crippen molar-refractivity contribution in [2.24, 2.45) is 0 Å². The fourth-order valence-corrected chi connectivity index (χ4v) is 4.77. The second-order valence-electron chi connectivity index (χ2n) is 8.95. The lowest BCUT2D eigenvalue weighted by Crippen LogP contribution is -2.76. The van der Waals surface area contributed by atoms with Gasteiger partial charge in [-0.15, -0.1) is 6.42 Å². The number of nitrogens with zero attached hydrogens (tertiary/aromatic N) is 4. The van der Waals surface area contributed by atoms with E-state index in [4.69, 9.17) is 6.42 Å². The zero-order valence-corrected chi connectivity index (χ0v) is 20.4. The fourth-order valence-electron chi connectivity index (χ4n) is 4.77. The van der Waals surface area contributed by atoms with Crippen LogP contribution in [0.4, 0.5) is 4.79 Å². The molecule has 3 rings (SSSR count). The molecule has 2 aliphatic heterocycles. The van der Waals surface area contributed by atoms with Crippen molar-refractivity contribution in [3.05, 3.63) is 35.9 Å². The molecular weight excluding hydrogens is 430 g/mol. The second-order valence-corrected chi connectivity index (χ2v) is 8.95. The summed E-state index contributed by atoms with van der Waals surface area (Å²) < 4.78 is 0. The smallest absolute Gasteiger partial charge is 0.334 e. The van der Waals surface area contributed by atoms with Gasteiger partial charge >= 0.3 is 6.03 Å². The van der Waals surface area contributed by atoms with Gasteiger partial charge in [-0.25, -0.2) is 9.80 Å². The predicted molar refractivity (Wildman–Crippen MR) is 131 cm³/mol. The minimum Gasteiger partial charge on any atom is -0.337 e. The Hall–Kier alpha value is -3.05. The predicted octanol–water partition coefficient (Wildman–Crippen LogP) is 2.81. The number of hydrogen-bond acceptors (Lipinski definition) is 4. The first-order valence-corrected chi connectivity index (χ1v) is 12.4. The monoisotopic (exact) mass is 467 g/mol. The van der Waals surface area contributed by atoms with Gasteiger partial charge in [-0.05, 0) is 18.4 Å². The first kappa shape index (κ1) is 25.6. The Balaban J connectivity index is 1.85. The summed E-state index contributed by atoms with van der Waals surface area (Å²) in [6.07, 6.45) is 10.5. The SMILES string of the molecule is C#CCN1CC(=O)N2[C@@H](CCC)C(=O)N(CCCCCC)C[C@@H]2N1C(=O)NCc1ccccc1. The standard InChI is InChI=1S/C26H37N5O3/c1-4-7-8-12-17-28-19-23-30(22(13-5-2)25(28)33)24(32)20-29(16-6-3)31(23)26(34)27-18-21-14-10-9-11-15-21/h3,9-11,14-15,22-23H,4-5,7-8,12-13,16-20H2,1-2H3,(H,27,34)/t22-,23-/m0/s1. The van der Waals surface area contributed by atoms with E-state index >= 15 is 0 Å². The van der Waals surface area contributed by atoms with Crippen LogP contribution in [0.15, 0.2) is 30.3 Å². The van der Waals surface area contributed by atoms with E-state index in [1.807, 2.05) is 42.2 Å². The van der Waals surface area contributed by atoms with Crippen LogP contribution in [0.25, 0.3) is 0 Å². The van der Waals surface area contributed by atoms with Crippen molar-refractivity contribution >= 4 is 17.8 Å². The Kier molecular flexibility index (Phi) is 9.34. The third-order valence-corrected chi connectivity index (χ3v) is 6.44. The van der Waals surface area contributed by atoms with E-state index in [0.29, 0.717) is 19.5 Å². The van der Waals surface area contributed by atoms with E-state index in [2.05, 4.69) is 18.2 Å². The van der Waals surface area contributed by atoms with Crippen molar-refractivity contribution in [2.45, 2.75) is 71.1 Å². The topological polar surface area (TPSA) is 76.2 Å². The van der Waals surface area contributed by atoms with Crippen LogP contribution in [0.1, 0.15) is 57.9 Å². The summed E-state index contributed by atoms with van der Waals surface area (Å²) in [5.41, 5.74) is 0.976. The molecule has 0 saturated carbocycles. The Morgan fingerprint density at radius 3 is 2.56 bits per heavy atom. The lowest BCUT2D eigenvalue weighted by atomic mass is 10.0. The Morgan fingerprint density at radius 1 is 1.12 bits per heavy atom. The number of benzene rings is 1. The van der Waals surface area contributed by atoms with Gasteiger partial charge in [0.05, 0.1) is 19.6 Å². The van der Waals surface area contributed by atoms with E-state index < -0.39 is 12.2 Å². The third-order valence-electron chi connectivity index (χ3n) is 6.44. The summed E-state index contributed by atoms with van der Waals surface area (Å²) in [5, 5.41) is 6.16. The van der Waals surface area contributed by atoms with Crippen molar-refractivity contribution in [3.8, 4) is 12.3 Å². The molecule has 4 amide bonds. The zero-order valence-electron chi connectivity index (χ0n) is 20.4. The highest BCUT2D eigenvalue weighted by Crippen LogP contribution is 2.28. The number of nitrogens with one attached hydrogen (secondary N) is 1. The molecule has 2 saturated heterocycles. The van der Waals surface area contributed by atoms with E-state index in [1.165, 1.54) is 0 Å². The average Bonchev–Trinajstić information content (AvgIpc) is 2.83. The Labute approximate surface area is 203 Å². The number of rotatable bonds is 10. The van der Waals surface area contributed by atoms with Crippen LogP contribution >= 0.6 is 0 Å². The maximum absolute atomic E-state index is 13.4.